The van der Waals surface area contributed by atoms with Crippen molar-refractivity contribution < 1.29 is 4.74 Å². The first-order valence-corrected chi connectivity index (χ1v) is 11.4. The molecule has 0 radical (unpaired) electrons. The van der Waals surface area contributed by atoms with Crippen LogP contribution in [0.15, 0.2) is 23.2 Å². The molecule has 1 aromatic heterocycles. The van der Waals surface area contributed by atoms with Crippen LogP contribution in [-0.2, 0) is 19.3 Å². The lowest BCUT2D eigenvalue weighted by molar-refractivity contribution is 0.357. The summed E-state index contributed by atoms with van der Waals surface area (Å²) >= 11 is 1.51. The Hall–Kier alpha value is -2.35. The van der Waals surface area contributed by atoms with Gasteiger partial charge in [0.05, 0.1) is 6.61 Å². The Morgan fingerprint density at radius 1 is 1.24 bits per heavy atom. The maximum Gasteiger partial charge on any atom is 0.205 e. The molecule has 0 spiro atoms. The van der Waals surface area contributed by atoms with Gasteiger partial charge in [0.2, 0.25) is 5.13 Å². The highest BCUT2D eigenvalue weighted by atomic mass is 32.1. The number of rotatable bonds is 6. The fraction of sp³-hybridized carbons (Fsp3) is 0.571. The van der Waals surface area contributed by atoms with Gasteiger partial charge >= 0.3 is 0 Å². The third-order valence-corrected chi connectivity index (χ3v) is 6.19. The first-order chi connectivity index (χ1) is 14.3. The zero-order valence-corrected chi connectivity index (χ0v) is 18.2. The number of ether oxygens (including phenoxy) is 1. The second-order valence-electron chi connectivity index (χ2n) is 7.35. The van der Waals surface area contributed by atoms with Gasteiger partial charge in [0.25, 0.3) is 0 Å². The molecular weight excluding hydrogens is 384 g/mol. The van der Waals surface area contributed by atoms with Gasteiger partial charge in [-0.25, -0.2) is 4.98 Å². The molecule has 0 unspecified atom stereocenters. The summed E-state index contributed by atoms with van der Waals surface area (Å²) in [6, 6.07) is 6.54. The minimum absolute atomic E-state index is 0.790. The number of nitrogens with zero attached hydrogens (tertiary/aromatic N) is 5. The molecule has 3 heterocycles. The fourth-order valence-electron chi connectivity index (χ4n) is 3.74. The van der Waals surface area contributed by atoms with Crippen LogP contribution in [0.4, 0.5) is 5.13 Å². The first-order valence-electron chi connectivity index (χ1n) is 10.6. The summed E-state index contributed by atoms with van der Waals surface area (Å²) in [5, 5.41) is 4.51. The Labute approximate surface area is 177 Å². The van der Waals surface area contributed by atoms with E-state index in [-0.39, 0.29) is 0 Å². The van der Waals surface area contributed by atoms with E-state index in [1.54, 1.807) is 0 Å². The predicted octanol–water partition coefficient (Wildman–Crippen LogP) is 2.37. The van der Waals surface area contributed by atoms with Crippen molar-refractivity contribution >= 4 is 22.6 Å². The minimum Gasteiger partial charge on any atom is -0.493 e. The van der Waals surface area contributed by atoms with E-state index >= 15 is 0 Å². The number of fused-ring (bicyclic) bond motifs is 1. The van der Waals surface area contributed by atoms with Crippen molar-refractivity contribution in [3.05, 3.63) is 35.2 Å². The highest BCUT2D eigenvalue weighted by molar-refractivity contribution is 7.09. The SMILES string of the molecule is CCNC(=NCCc1ccc2c(c1)CCO2)N1CCN(c2nc(CC)ns2)CC1. The van der Waals surface area contributed by atoms with Crippen LogP contribution >= 0.6 is 11.5 Å². The minimum atomic E-state index is 0.790. The average Bonchev–Trinajstić information content (AvgIpc) is 3.42. The number of hydrogen-bond acceptors (Lipinski definition) is 6. The number of benzene rings is 1. The topological polar surface area (TPSA) is 65.9 Å². The molecule has 0 amide bonds. The molecule has 0 saturated carbocycles. The van der Waals surface area contributed by atoms with Crippen molar-refractivity contribution in [1.82, 2.24) is 19.6 Å². The van der Waals surface area contributed by atoms with Gasteiger partial charge in [-0.3, -0.25) is 4.99 Å². The molecule has 0 aliphatic carbocycles. The van der Waals surface area contributed by atoms with Gasteiger partial charge in [0.1, 0.15) is 11.6 Å². The summed E-state index contributed by atoms with van der Waals surface area (Å²) in [5.74, 6) is 3.01. The molecule has 1 N–H and O–H groups in total. The molecule has 7 nitrogen and oxygen atoms in total. The Morgan fingerprint density at radius 3 is 2.86 bits per heavy atom. The van der Waals surface area contributed by atoms with E-state index in [4.69, 9.17) is 9.73 Å². The Morgan fingerprint density at radius 2 is 2.10 bits per heavy atom. The van der Waals surface area contributed by atoms with Crippen LogP contribution in [0.1, 0.15) is 30.8 Å². The van der Waals surface area contributed by atoms with Crippen molar-refractivity contribution in [2.45, 2.75) is 33.1 Å². The van der Waals surface area contributed by atoms with E-state index in [0.717, 1.165) is 87.8 Å². The van der Waals surface area contributed by atoms with Crippen LogP contribution < -0.4 is 15.0 Å². The number of anilines is 1. The van der Waals surface area contributed by atoms with Crippen LogP contribution in [0.5, 0.6) is 5.75 Å². The molecule has 0 atom stereocenters. The van der Waals surface area contributed by atoms with Gasteiger partial charge in [0.15, 0.2) is 5.96 Å². The lowest BCUT2D eigenvalue weighted by Gasteiger charge is -2.36. The monoisotopic (exact) mass is 414 g/mol. The number of piperazine rings is 1. The summed E-state index contributed by atoms with van der Waals surface area (Å²) in [5.41, 5.74) is 2.67. The number of guanidine groups is 1. The molecule has 29 heavy (non-hydrogen) atoms. The Bertz CT molecular complexity index is 843. The summed E-state index contributed by atoms with van der Waals surface area (Å²) in [6.45, 7) is 10.5. The fourth-order valence-corrected chi connectivity index (χ4v) is 4.54. The molecule has 1 fully saturated rings. The van der Waals surface area contributed by atoms with Crippen molar-refractivity contribution in [1.29, 1.82) is 0 Å². The van der Waals surface area contributed by atoms with Gasteiger partial charge in [-0.15, -0.1) is 0 Å². The van der Waals surface area contributed by atoms with Crippen molar-refractivity contribution in [3.63, 3.8) is 0 Å². The van der Waals surface area contributed by atoms with Crippen molar-refractivity contribution in [2.75, 3.05) is 50.8 Å². The zero-order valence-electron chi connectivity index (χ0n) is 17.4. The number of aromatic nitrogens is 2. The van der Waals surface area contributed by atoms with E-state index in [2.05, 4.69) is 56.5 Å². The lowest BCUT2D eigenvalue weighted by atomic mass is 10.1. The van der Waals surface area contributed by atoms with Crippen LogP contribution in [-0.4, -0.2) is 66.1 Å². The predicted molar refractivity (Wildman–Crippen MR) is 118 cm³/mol. The smallest absolute Gasteiger partial charge is 0.205 e. The number of aryl methyl sites for hydroxylation is 1. The van der Waals surface area contributed by atoms with Crippen molar-refractivity contribution in [3.8, 4) is 5.75 Å². The summed E-state index contributed by atoms with van der Waals surface area (Å²) in [6.07, 6.45) is 2.87. The van der Waals surface area contributed by atoms with Crippen molar-refractivity contribution in [2.24, 2.45) is 4.99 Å². The van der Waals surface area contributed by atoms with Gasteiger partial charge < -0.3 is 19.9 Å². The average molecular weight is 415 g/mol. The zero-order chi connectivity index (χ0) is 20.1. The molecule has 1 saturated heterocycles. The van der Waals surface area contributed by atoms with Gasteiger partial charge in [0, 0.05) is 63.6 Å². The van der Waals surface area contributed by atoms with E-state index < -0.39 is 0 Å². The van der Waals surface area contributed by atoms with Crippen LogP contribution in [0, 0.1) is 0 Å². The van der Waals surface area contributed by atoms with Crippen LogP contribution in [0.3, 0.4) is 0 Å². The molecule has 4 rings (SSSR count). The van der Waals surface area contributed by atoms with Crippen LogP contribution in [0.2, 0.25) is 0 Å². The standard InChI is InChI=1S/C21H30N6OS/c1-3-19-24-21(29-25-19)27-12-10-26(11-13-27)20(22-4-2)23-9-7-16-5-6-18-17(15-16)8-14-28-18/h5-6,15H,3-4,7-14H2,1-2H3,(H,22,23). The Balaban J connectivity index is 1.32. The maximum absolute atomic E-state index is 5.60. The largest absolute Gasteiger partial charge is 0.493 e. The lowest BCUT2D eigenvalue weighted by Crippen LogP contribution is -2.52. The normalized spacial score (nSPS) is 16.7. The molecule has 2 aromatic rings. The number of hydrogen-bond donors (Lipinski definition) is 1. The van der Waals surface area contributed by atoms with E-state index in [1.165, 1.54) is 22.7 Å². The highest BCUT2D eigenvalue weighted by Crippen LogP contribution is 2.26. The molecular formula is C21H30N6OS. The summed E-state index contributed by atoms with van der Waals surface area (Å²) < 4.78 is 10.0. The van der Waals surface area contributed by atoms with Gasteiger partial charge in [-0.05, 0) is 30.5 Å². The second kappa shape index (κ2) is 9.43. The maximum atomic E-state index is 5.60. The number of aliphatic imine (C=N–C) groups is 1. The molecule has 0 bridgehead atoms. The van der Waals surface area contributed by atoms with Crippen LogP contribution in [0.25, 0.3) is 0 Å². The Kier molecular flexibility index (Phi) is 6.49. The molecule has 2 aliphatic rings. The van der Waals surface area contributed by atoms with Gasteiger partial charge in [-0.1, -0.05) is 19.1 Å². The quantitative estimate of drug-likeness (QED) is 0.578. The first kappa shape index (κ1) is 19.9. The summed E-state index contributed by atoms with van der Waals surface area (Å²) in [4.78, 5) is 14.2. The number of nitrogens with one attached hydrogen (secondary N) is 1. The van der Waals surface area contributed by atoms with E-state index in [0.29, 0.717) is 0 Å². The third-order valence-electron chi connectivity index (χ3n) is 5.37. The van der Waals surface area contributed by atoms with E-state index in [9.17, 15) is 0 Å². The van der Waals surface area contributed by atoms with E-state index in [1.807, 2.05) is 0 Å². The third kappa shape index (κ3) is 4.80. The molecule has 1 aromatic carbocycles. The van der Waals surface area contributed by atoms with Gasteiger partial charge in [-0.2, -0.15) is 4.37 Å². The summed E-state index contributed by atoms with van der Waals surface area (Å²) in [7, 11) is 0. The molecule has 156 valence electrons. The highest BCUT2D eigenvalue weighted by Gasteiger charge is 2.22. The molecule has 8 heteroatoms. The molecule has 2 aliphatic heterocycles. The second-order valence-corrected chi connectivity index (χ2v) is 8.08.